The number of amides is 1. The summed E-state index contributed by atoms with van der Waals surface area (Å²) in [6.45, 7) is 7.46. The molecule has 0 atom stereocenters. The van der Waals surface area contributed by atoms with Crippen LogP contribution in [0, 0.1) is 6.92 Å². The second kappa shape index (κ2) is 9.40. The Bertz CT molecular complexity index is 822. The molecule has 0 bridgehead atoms. The van der Waals surface area contributed by atoms with Gasteiger partial charge < -0.3 is 9.84 Å². The molecule has 0 saturated heterocycles. The number of benzene rings is 2. The maximum atomic E-state index is 12.4. The lowest BCUT2D eigenvalue weighted by Crippen LogP contribution is -2.27. The third-order valence-corrected chi connectivity index (χ3v) is 4.35. The Kier molecular flexibility index (Phi) is 7.21. The number of carboxylic acids is 1. The van der Waals surface area contributed by atoms with Gasteiger partial charge in [-0.25, -0.2) is 4.79 Å². The van der Waals surface area contributed by atoms with Gasteiger partial charge in [0.1, 0.15) is 5.60 Å². The summed E-state index contributed by atoms with van der Waals surface area (Å²) in [6, 6.07) is 14.1. The molecule has 0 aromatic heterocycles. The van der Waals surface area contributed by atoms with Crippen LogP contribution in [-0.4, -0.2) is 22.8 Å². The van der Waals surface area contributed by atoms with Crippen LogP contribution in [-0.2, 0) is 16.0 Å². The van der Waals surface area contributed by atoms with Crippen molar-refractivity contribution in [1.29, 1.82) is 0 Å². The number of nitrogens with one attached hydrogen (secondary N) is 1. The molecule has 2 aromatic rings. The molecule has 0 aliphatic heterocycles. The lowest BCUT2D eigenvalue weighted by Gasteiger charge is -2.22. The molecule has 2 rings (SSSR count). The zero-order valence-electron chi connectivity index (χ0n) is 17.0. The second-order valence-corrected chi connectivity index (χ2v) is 7.87. The highest BCUT2D eigenvalue weighted by atomic mass is 16.6. The number of carbonyl (C=O) groups excluding carboxylic acids is 1. The quantitative estimate of drug-likeness (QED) is 0.592. The first-order chi connectivity index (χ1) is 13.2. The molecule has 0 radical (unpaired) electrons. The van der Waals surface area contributed by atoms with Gasteiger partial charge in [0.15, 0.2) is 0 Å². The van der Waals surface area contributed by atoms with Gasteiger partial charge in [0, 0.05) is 6.42 Å². The van der Waals surface area contributed by atoms with Gasteiger partial charge in [-0.15, -0.1) is 0 Å². The number of unbranched alkanes of at least 4 members (excludes halogenated alkanes) is 1. The minimum atomic E-state index is -0.789. The first kappa shape index (κ1) is 21.5. The van der Waals surface area contributed by atoms with E-state index in [1.165, 1.54) is 0 Å². The topological polar surface area (TPSA) is 75.6 Å². The van der Waals surface area contributed by atoms with Crippen LogP contribution < -0.4 is 5.32 Å². The fourth-order valence-electron chi connectivity index (χ4n) is 3.08. The van der Waals surface area contributed by atoms with Crippen molar-refractivity contribution in [3.8, 4) is 11.1 Å². The van der Waals surface area contributed by atoms with E-state index in [0.29, 0.717) is 12.8 Å². The molecule has 0 aliphatic rings. The van der Waals surface area contributed by atoms with Crippen molar-refractivity contribution in [3.05, 3.63) is 53.6 Å². The van der Waals surface area contributed by atoms with Crippen molar-refractivity contribution in [2.45, 2.75) is 59.0 Å². The van der Waals surface area contributed by atoms with Crippen LogP contribution in [0.4, 0.5) is 10.5 Å². The molecule has 0 saturated carbocycles. The average molecular weight is 383 g/mol. The summed E-state index contributed by atoms with van der Waals surface area (Å²) in [7, 11) is 0. The summed E-state index contributed by atoms with van der Waals surface area (Å²) in [5.41, 5.74) is 4.22. The smallest absolute Gasteiger partial charge is 0.412 e. The number of aliphatic carboxylic acids is 1. The van der Waals surface area contributed by atoms with E-state index in [-0.39, 0.29) is 6.42 Å². The van der Waals surface area contributed by atoms with Crippen LogP contribution in [0.25, 0.3) is 11.1 Å². The SMILES string of the molecule is Cc1c(-c2ccccc2)ccc(CCCCC(=O)O)c1NC(=O)OC(C)(C)C. The van der Waals surface area contributed by atoms with Gasteiger partial charge in [0.25, 0.3) is 0 Å². The van der Waals surface area contributed by atoms with Crippen molar-refractivity contribution in [2.24, 2.45) is 0 Å². The van der Waals surface area contributed by atoms with E-state index in [9.17, 15) is 9.59 Å². The first-order valence-corrected chi connectivity index (χ1v) is 9.57. The number of carboxylic acid groups (broad SMARTS) is 1. The van der Waals surface area contributed by atoms with Crippen molar-refractivity contribution < 1.29 is 19.4 Å². The Balaban J connectivity index is 2.31. The van der Waals surface area contributed by atoms with Gasteiger partial charge in [-0.3, -0.25) is 10.1 Å². The number of aryl methyl sites for hydroxylation is 1. The highest BCUT2D eigenvalue weighted by molar-refractivity contribution is 5.89. The summed E-state index contributed by atoms with van der Waals surface area (Å²) >= 11 is 0. The molecule has 0 unspecified atom stereocenters. The standard InChI is InChI=1S/C23H29NO4/c1-16-19(17-10-6-5-7-11-17)15-14-18(12-8-9-13-20(25)26)21(16)24-22(27)28-23(2,3)4/h5-7,10-11,14-15H,8-9,12-13H2,1-4H3,(H,24,27)(H,25,26). The van der Waals surface area contributed by atoms with Gasteiger partial charge in [-0.1, -0.05) is 42.5 Å². The monoisotopic (exact) mass is 383 g/mol. The minimum absolute atomic E-state index is 0.149. The first-order valence-electron chi connectivity index (χ1n) is 9.57. The molecule has 0 spiro atoms. The number of carbonyl (C=O) groups is 2. The number of hydrogen-bond donors (Lipinski definition) is 2. The molecule has 0 heterocycles. The Labute approximate surface area is 166 Å². The van der Waals surface area contributed by atoms with E-state index < -0.39 is 17.7 Å². The zero-order chi connectivity index (χ0) is 20.7. The lowest BCUT2D eigenvalue weighted by atomic mass is 9.94. The molecule has 5 nitrogen and oxygen atoms in total. The third kappa shape index (κ3) is 6.41. The molecule has 2 N–H and O–H groups in total. The van der Waals surface area contributed by atoms with Crippen LogP contribution in [0.1, 0.15) is 51.2 Å². The molecule has 0 fully saturated rings. The van der Waals surface area contributed by atoms with Crippen molar-refractivity contribution >= 4 is 17.7 Å². The summed E-state index contributed by atoms with van der Waals surface area (Å²) in [5.74, 6) is -0.789. The van der Waals surface area contributed by atoms with E-state index in [1.807, 2.05) is 64.1 Å². The highest BCUT2D eigenvalue weighted by Crippen LogP contribution is 2.32. The van der Waals surface area contributed by atoms with E-state index in [2.05, 4.69) is 11.4 Å². The highest BCUT2D eigenvalue weighted by Gasteiger charge is 2.19. The maximum Gasteiger partial charge on any atom is 0.412 e. The van der Waals surface area contributed by atoms with E-state index in [1.54, 1.807) is 0 Å². The maximum absolute atomic E-state index is 12.4. The third-order valence-electron chi connectivity index (χ3n) is 4.35. The minimum Gasteiger partial charge on any atom is -0.481 e. The van der Waals surface area contributed by atoms with Crippen LogP contribution in [0.3, 0.4) is 0 Å². The fourth-order valence-corrected chi connectivity index (χ4v) is 3.08. The molecule has 150 valence electrons. The number of ether oxygens (including phenoxy) is 1. The Hall–Kier alpha value is -2.82. The van der Waals surface area contributed by atoms with Gasteiger partial charge in [0.05, 0.1) is 5.69 Å². The van der Waals surface area contributed by atoms with E-state index >= 15 is 0 Å². The molecular formula is C23H29NO4. The largest absolute Gasteiger partial charge is 0.481 e. The van der Waals surface area contributed by atoms with Crippen molar-refractivity contribution in [1.82, 2.24) is 0 Å². The molecule has 2 aromatic carbocycles. The fraction of sp³-hybridized carbons (Fsp3) is 0.391. The zero-order valence-corrected chi connectivity index (χ0v) is 17.0. The Morgan fingerprint density at radius 3 is 2.32 bits per heavy atom. The Morgan fingerprint density at radius 2 is 1.71 bits per heavy atom. The van der Waals surface area contributed by atoms with Gasteiger partial charge in [-0.05, 0) is 69.2 Å². The van der Waals surface area contributed by atoms with Gasteiger partial charge >= 0.3 is 12.1 Å². The number of anilines is 1. The number of rotatable bonds is 7. The van der Waals surface area contributed by atoms with E-state index in [4.69, 9.17) is 9.84 Å². The molecule has 0 aliphatic carbocycles. The van der Waals surface area contributed by atoms with E-state index in [0.717, 1.165) is 34.4 Å². The van der Waals surface area contributed by atoms with Gasteiger partial charge in [-0.2, -0.15) is 0 Å². The van der Waals surface area contributed by atoms with Crippen molar-refractivity contribution in [3.63, 3.8) is 0 Å². The molecular weight excluding hydrogens is 354 g/mol. The second-order valence-electron chi connectivity index (χ2n) is 7.87. The average Bonchev–Trinajstić information content (AvgIpc) is 2.60. The summed E-state index contributed by atoms with van der Waals surface area (Å²) in [4.78, 5) is 23.1. The predicted octanol–water partition coefficient (Wildman–Crippen LogP) is 5.81. The van der Waals surface area contributed by atoms with Crippen LogP contribution >= 0.6 is 0 Å². The number of hydrogen-bond acceptors (Lipinski definition) is 3. The summed E-state index contributed by atoms with van der Waals surface area (Å²) < 4.78 is 5.43. The van der Waals surface area contributed by atoms with Crippen LogP contribution in [0.5, 0.6) is 0 Å². The Morgan fingerprint density at radius 1 is 1.04 bits per heavy atom. The lowest BCUT2D eigenvalue weighted by molar-refractivity contribution is -0.137. The molecule has 1 amide bonds. The predicted molar refractivity (Wildman–Crippen MR) is 112 cm³/mol. The summed E-state index contributed by atoms with van der Waals surface area (Å²) in [6.07, 6.45) is 1.68. The molecule has 5 heteroatoms. The normalized spacial score (nSPS) is 11.1. The molecule has 28 heavy (non-hydrogen) atoms. The van der Waals surface area contributed by atoms with Crippen LogP contribution in [0.2, 0.25) is 0 Å². The van der Waals surface area contributed by atoms with Crippen LogP contribution in [0.15, 0.2) is 42.5 Å². The van der Waals surface area contributed by atoms with Crippen molar-refractivity contribution in [2.75, 3.05) is 5.32 Å². The van der Waals surface area contributed by atoms with Gasteiger partial charge in [0.2, 0.25) is 0 Å². The summed E-state index contributed by atoms with van der Waals surface area (Å²) in [5, 5.41) is 11.7.